The third-order valence-electron chi connectivity index (χ3n) is 15.4. The minimum Gasteiger partial charge on any atom is -0.455 e. The van der Waals surface area contributed by atoms with Crippen molar-refractivity contribution in [1.29, 1.82) is 0 Å². The maximum atomic E-state index is 15.2. The average Bonchev–Trinajstić information content (AvgIpc) is 4.22. The van der Waals surface area contributed by atoms with Gasteiger partial charge >= 0.3 is 42.0 Å². The van der Waals surface area contributed by atoms with Crippen molar-refractivity contribution >= 4 is 53.7 Å². The highest BCUT2D eigenvalue weighted by Crippen LogP contribution is 2.64. The van der Waals surface area contributed by atoms with E-state index in [0.29, 0.717) is 18.4 Å². The molecule has 3 amide bonds. The van der Waals surface area contributed by atoms with E-state index in [0.717, 1.165) is 6.92 Å². The highest BCUT2D eigenvalue weighted by Gasteiger charge is 2.78. The maximum absolute atomic E-state index is 15.2. The minimum absolute atomic E-state index is 0.0107. The number of rotatable bonds is 17. The lowest BCUT2D eigenvalue weighted by Crippen LogP contribution is -2.81. The largest absolute Gasteiger partial charge is 0.455 e. The predicted molar refractivity (Wildman–Crippen MR) is 263 cm³/mol. The van der Waals surface area contributed by atoms with E-state index in [4.69, 9.17) is 43.6 Å². The topological polar surface area (TPSA) is 338 Å². The summed E-state index contributed by atoms with van der Waals surface area (Å²) < 4.78 is 45.8. The Bertz CT molecular complexity index is 2670. The van der Waals surface area contributed by atoms with Gasteiger partial charge in [0, 0.05) is 25.2 Å². The Hall–Kier alpha value is -6.95. The molecule has 5 aliphatic rings. The molecule has 0 radical (unpaired) electrons. The molecule has 1 aliphatic heterocycles. The van der Waals surface area contributed by atoms with Crippen LogP contribution in [-0.4, -0.2) is 148 Å². The smallest absolute Gasteiger partial charge is 0.408 e. The zero-order chi connectivity index (χ0) is 56.6. The van der Waals surface area contributed by atoms with Crippen molar-refractivity contribution in [3.8, 4) is 0 Å². The van der Waals surface area contributed by atoms with Gasteiger partial charge in [0.2, 0.25) is 12.0 Å². The number of alkyl carbamates (subject to hydrolysis) is 2. The van der Waals surface area contributed by atoms with Gasteiger partial charge in [0.25, 0.3) is 0 Å². The van der Waals surface area contributed by atoms with Crippen LogP contribution in [0.3, 0.4) is 0 Å². The number of nitrogens with two attached hydrogens (primary N) is 1. The number of ether oxygens (including phenoxy) is 8. The van der Waals surface area contributed by atoms with Crippen molar-refractivity contribution in [2.24, 2.45) is 28.4 Å². The summed E-state index contributed by atoms with van der Waals surface area (Å²) in [7, 11) is 0. The van der Waals surface area contributed by atoms with Crippen LogP contribution in [0.25, 0.3) is 0 Å². The molecular weight excluding hydrogens is 1010 g/mol. The number of amides is 3. The molecule has 0 unspecified atom stereocenters. The molecule has 0 spiro atoms. The summed E-state index contributed by atoms with van der Waals surface area (Å²) >= 11 is 0. The van der Waals surface area contributed by atoms with E-state index < -0.39 is 161 Å². The summed E-state index contributed by atoms with van der Waals surface area (Å²) in [6, 6.07) is 13.2. The van der Waals surface area contributed by atoms with Gasteiger partial charge in [-0.25, -0.2) is 24.0 Å². The van der Waals surface area contributed by atoms with E-state index in [1.165, 1.54) is 39.8 Å². The van der Waals surface area contributed by atoms with Crippen molar-refractivity contribution in [3.63, 3.8) is 0 Å². The van der Waals surface area contributed by atoms with E-state index >= 15 is 4.79 Å². The van der Waals surface area contributed by atoms with Crippen molar-refractivity contribution in [2.75, 3.05) is 13.2 Å². The Morgan fingerprint density at radius 2 is 1.51 bits per heavy atom. The third kappa shape index (κ3) is 11.8. The molecule has 1 saturated heterocycles. The number of ketones is 1. The molecule has 77 heavy (non-hydrogen) atoms. The lowest BCUT2D eigenvalue weighted by Gasteiger charge is -2.67. The molecule has 2 bridgehead atoms. The fourth-order valence-corrected chi connectivity index (χ4v) is 11.3. The summed E-state index contributed by atoms with van der Waals surface area (Å²) in [5.74, 6) is -10.0. The van der Waals surface area contributed by atoms with Crippen LogP contribution >= 0.6 is 0 Å². The summed E-state index contributed by atoms with van der Waals surface area (Å²) in [4.78, 5) is 122. The fourth-order valence-electron chi connectivity index (χ4n) is 11.3. The zero-order valence-electron chi connectivity index (χ0n) is 44.1. The first-order chi connectivity index (χ1) is 36.0. The number of aliphatic hydroxyl groups is 3. The summed E-state index contributed by atoms with van der Waals surface area (Å²) in [6.07, 6.45) is -13.5. The van der Waals surface area contributed by atoms with Crippen LogP contribution in [0.5, 0.6) is 0 Å². The third-order valence-corrected chi connectivity index (χ3v) is 15.4. The number of nitrogens with one attached hydrogen (secondary N) is 2. The Kier molecular flexibility index (Phi) is 16.6. The summed E-state index contributed by atoms with van der Waals surface area (Å²) in [5.41, 5.74) is -3.32. The number of fused-ring (bicyclic) bond motifs is 5. The molecule has 418 valence electrons. The van der Waals surface area contributed by atoms with Crippen molar-refractivity contribution in [3.05, 3.63) is 82.9 Å². The van der Waals surface area contributed by atoms with Crippen LogP contribution in [0.4, 0.5) is 9.59 Å². The molecule has 1 heterocycles. The second-order valence-electron chi connectivity index (χ2n) is 22.0. The first-order valence-electron chi connectivity index (χ1n) is 25.3. The van der Waals surface area contributed by atoms with Gasteiger partial charge in [-0.3, -0.25) is 19.2 Å². The Balaban J connectivity index is 1.21. The molecule has 2 aromatic carbocycles. The van der Waals surface area contributed by atoms with Gasteiger partial charge in [-0.15, -0.1) is 0 Å². The second kappa shape index (κ2) is 22.2. The number of primary amides is 1. The normalized spacial score (nSPS) is 29.3. The molecule has 23 nitrogen and oxygen atoms in total. The van der Waals surface area contributed by atoms with E-state index in [2.05, 4.69) is 10.6 Å². The highest BCUT2D eigenvalue weighted by molar-refractivity contribution is 5.94. The van der Waals surface area contributed by atoms with Crippen molar-refractivity contribution in [1.82, 2.24) is 10.6 Å². The molecule has 7 rings (SSSR count). The van der Waals surface area contributed by atoms with E-state index in [1.54, 1.807) is 69.3 Å². The van der Waals surface area contributed by atoms with Crippen molar-refractivity contribution < 1.29 is 96.4 Å². The quantitative estimate of drug-likeness (QED) is 0.0753. The standard InChI is InChI=1S/C54H67N3O20/c1-27-33(23-54(69)44(75-46(65)31-17-13-10-14-18-31)42-52(8,43(63)40(62)38(27)51(54,6)7)34(59)22-35-53(42,26-72-35)76-28(2)58)73-47(66)41(39(30-19-20-30)57-49(68)77-50(3,4)5)74-37(61)25-70-36(60)21-32(45(55)64)56-48(67)71-24-29-15-11-9-12-16-29/h9-18,30,32-35,39-42,44,59,62,69H,19-26H2,1-8H3,(H2,55,64)(H,56,67)(H,57,68)/t32-,33-,34-,35+,39-,40+,41+,42-,44-,52+,53-,54+/m0/s1. The number of esters is 5. The number of benzene rings is 2. The van der Waals surface area contributed by atoms with Crippen LogP contribution in [0.15, 0.2) is 71.8 Å². The van der Waals surface area contributed by atoms with Gasteiger partial charge in [-0.1, -0.05) is 62.4 Å². The second-order valence-corrected chi connectivity index (χ2v) is 22.0. The lowest BCUT2D eigenvalue weighted by molar-refractivity contribution is -0.346. The average molecular weight is 1080 g/mol. The predicted octanol–water partition coefficient (Wildman–Crippen LogP) is 2.56. The Morgan fingerprint density at radius 1 is 0.870 bits per heavy atom. The molecule has 4 fully saturated rings. The molecule has 3 saturated carbocycles. The molecule has 4 aliphatic carbocycles. The maximum Gasteiger partial charge on any atom is 0.408 e. The van der Waals surface area contributed by atoms with Crippen LogP contribution in [0.1, 0.15) is 103 Å². The van der Waals surface area contributed by atoms with Gasteiger partial charge in [-0.2, -0.15) is 0 Å². The van der Waals surface area contributed by atoms with Gasteiger partial charge < -0.3 is 69.6 Å². The molecule has 7 N–H and O–H groups in total. The van der Waals surface area contributed by atoms with Gasteiger partial charge in [-0.05, 0) is 82.2 Å². The summed E-state index contributed by atoms with van der Waals surface area (Å²) in [5, 5.41) is 42.9. The van der Waals surface area contributed by atoms with E-state index in [9.17, 15) is 53.7 Å². The highest BCUT2D eigenvalue weighted by atomic mass is 16.6. The first-order valence-corrected chi connectivity index (χ1v) is 25.3. The fraction of sp³-hybridized carbons (Fsp3) is 0.574. The number of aliphatic hydroxyl groups excluding tert-OH is 2. The zero-order valence-corrected chi connectivity index (χ0v) is 44.1. The van der Waals surface area contributed by atoms with Gasteiger partial charge in [0.05, 0.1) is 42.1 Å². The van der Waals surface area contributed by atoms with Crippen molar-refractivity contribution in [2.45, 2.75) is 160 Å². The van der Waals surface area contributed by atoms with Gasteiger partial charge in [0.15, 0.2) is 18.0 Å². The molecule has 23 heteroatoms. The van der Waals surface area contributed by atoms with Crippen LogP contribution < -0.4 is 16.4 Å². The lowest BCUT2D eigenvalue weighted by atomic mass is 9.44. The monoisotopic (exact) mass is 1080 g/mol. The number of hydrogen-bond donors (Lipinski definition) is 6. The van der Waals surface area contributed by atoms with Crippen LogP contribution in [0, 0.1) is 22.7 Å². The molecule has 2 aromatic rings. The molecule has 12 atom stereocenters. The number of Topliss-reactive ketones (excluding diaryl/α,β-unsaturated/α-hetero) is 1. The SMILES string of the molecule is CC(=O)O[C@@]12CO[C@@H]1C[C@H](O)[C@@]1(C)C(=O)[C@H](O)C3=C(C)[C@@H](OC(=O)[C@H](OC(=O)COC(=O)C[C@H](NC(=O)OCc4ccccc4)C(N)=O)[C@@H](NC(=O)OC(C)(C)C)C4CC4)C[C@@](O)([C@@H](OC(=O)c4ccccc4)[C@H]21)C3(C)C. The number of carbonyl (C=O) groups is 9. The Morgan fingerprint density at radius 3 is 2.08 bits per heavy atom. The van der Waals surface area contributed by atoms with Gasteiger partial charge in [0.1, 0.15) is 48.3 Å². The Labute approximate surface area is 443 Å². The number of hydrogen-bond acceptors (Lipinski definition) is 20. The summed E-state index contributed by atoms with van der Waals surface area (Å²) in [6.45, 7) is 9.89. The van der Waals surface area contributed by atoms with E-state index in [1.807, 2.05) is 0 Å². The number of carbonyl (C=O) groups excluding carboxylic acids is 9. The van der Waals surface area contributed by atoms with Crippen LogP contribution in [0.2, 0.25) is 0 Å². The first kappa shape index (κ1) is 57.7. The van der Waals surface area contributed by atoms with E-state index in [-0.39, 0.29) is 36.3 Å². The molecular formula is C54H67N3O20. The minimum atomic E-state index is -2.50. The molecule has 0 aromatic heterocycles. The van der Waals surface area contributed by atoms with Crippen LogP contribution in [-0.2, 0) is 73.3 Å².